The normalized spacial score (nSPS) is 10.0. The number of aryl methyl sites for hydroxylation is 1. The fourth-order valence-electron chi connectivity index (χ4n) is 1.04. The van der Waals surface area contributed by atoms with Gasteiger partial charge >= 0.3 is 0 Å². The summed E-state index contributed by atoms with van der Waals surface area (Å²) >= 11 is 4.18. The number of hydrogen-bond acceptors (Lipinski definition) is 2. The third-order valence-corrected chi connectivity index (χ3v) is 1.86. The van der Waals surface area contributed by atoms with E-state index in [0.29, 0.717) is 5.75 Å². The van der Waals surface area contributed by atoms with E-state index in [1.54, 1.807) is 12.1 Å². The molecule has 60 valence electrons. The first kappa shape index (κ1) is 8.47. The van der Waals surface area contributed by atoms with Crippen LogP contribution in [0.15, 0.2) is 23.1 Å². The molecule has 1 N–H and O–H groups in total. The number of thiol groups is 1. The lowest BCUT2D eigenvalue weighted by Gasteiger charge is -2.02. The van der Waals surface area contributed by atoms with Crippen molar-refractivity contribution < 1.29 is 5.11 Å². The third kappa shape index (κ3) is 2.15. The van der Waals surface area contributed by atoms with E-state index in [-0.39, 0.29) is 0 Å². The van der Waals surface area contributed by atoms with Crippen molar-refractivity contribution in [3.05, 3.63) is 23.8 Å². The van der Waals surface area contributed by atoms with Gasteiger partial charge in [-0.3, -0.25) is 0 Å². The summed E-state index contributed by atoms with van der Waals surface area (Å²) in [5, 5.41) is 9.33. The first-order chi connectivity index (χ1) is 5.24. The zero-order valence-corrected chi connectivity index (χ0v) is 7.44. The molecule has 1 rings (SSSR count). The Morgan fingerprint density at radius 2 is 2.18 bits per heavy atom. The molecular weight excluding hydrogens is 156 g/mol. The van der Waals surface area contributed by atoms with E-state index in [1.165, 1.54) is 0 Å². The van der Waals surface area contributed by atoms with E-state index in [1.807, 2.05) is 6.07 Å². The van der Waals surface area contributed by atoms with Crippen molar-refractivity contribution in [1.29, 1.82) is 0 Å². The number of phenols is 1. The van der Waals surface area contributed by atoms with Crippen LogP contribution in [-0.4, -0.2) is 5.11 Å². The first-order valence-corrected chi connectivity index (χ1v) is 4.19. The molecule has 0 aliphatic rings. The number of benzene rings is 1. The molecule has 0 fully saturated rings. The number of rotatable bonds is 2. The Kier molecular flexibility index (Phi) is 2.83. The van der Waals surface area contributed by atoms with E-state index in [4.69, 9.17) is 0 Å². The molecule has 1 aromatic carbocycles. The van der Waals surface area contributed by atoms with Gasteiger partial charge in [-0.2, -0.15) is 0 Å². The van der Waals surface area contributed by atoms with Gasteiger partial charge in [-0.1, -0.05) is 13.3 Å². The Labute approximate surface area is 72.5 Å². The van der Waals surface area contributed by atoms with E-state index in [2.05, 4.69) is 19.6 Å². The fourth-order valence-corrected chi connectivity index (χ4v) is 1.27. The lowest BCUT2D eigenvalue weighted by Crippen LogP contribution is -1.83. The number of aromatic hydroxyl groups is 1. The maximum Gasteiger partial charge on any atom is 0.118 e. The van der Waals surface area contributed by atoms with E-state index in [0.717, 1.165) is 23.3 Å². The van der Waals surface area contributed by atoms with E-state index < -0.39 is 0 Å². The minimum absolute atomic E-state index is 0.379. The number of phenolic OH excluding ortho intramolecular Hbond substituents is 1. The highest BCUT2D eigenvalue weighted by Gasteiger charge is 1.98. The van der Waals surface area contributed by atoms with Crippen LogP contribution in [0, 0.1) is 0 Å². The Morgan fingerprint density at radius 3 is 2.82 bits per heavy atom. The van der Waals surface area contributed by atoms with Gasteiger partial charge in [0.25, 0.3) is 0 Å². The molecule has 0 atom stereocenters. The second-order valence-electron chi connectivity index (χ2n) is 2.56. The summed E-state index contributed by atoms with van der Waals surface area (Å²) in [5.41, 5.74) is 0.986. The SMILES string of the molecule is CCCc1cc(S)ccc1O. The second kappa shape index (κ2) is 3.67. The van der Waals surface area contributed by atoms with E-state index >= 15 is 0 Å². The molecule has 0 spiro atoms. The first-order valence-electron chi connectivity index (χ1n) is 3.75. The standard InChI is InChI=1S/C9H12OS/c1-2-3-7-6-8(11)4-5-9(7)10/h4-6,10-11H,2-3H2,1H3. The number of hydrogen-bond donors (Lipinski definition) is 2. The lowest BCUT2D eigenvalue weighted by molar-refractivity contribution is 0.467. The smallest absolute Gasteiger partial charge is 0.118 e. The molecule has 0 aliphatic heterocycles. The van der Waals surface area contributed by atoms with Crippen LogP contribution < -0.4 is 0 Å². The van der Waals surface area contributed by atoms with Crippen LogP contribution in [0.2, 0.25) is 0 Å². The zero-order valence-electron chi connectivity index (χ0n) is 6.54. The Balaban J connectivity index is 2.93. The van der Waals surface area contributed by atoms with Crippen LogP contribution in [0.25, 0.3) is 0 Å². The molecule has 0 amide bonds. The van der Waals surface area contributed by atoms with Crippen molar-refractivity contribution in [3.8, 4) is 5.75 Å². The summed E-state index contributed by atoms with van der Waals surface area (Å²) in [6, 6.07) is 5.38. The molecular formula is C9H12OS. The average molecular weight is 168 g/mol. The van der Waals surface area contributed by atoms with Crippen LogP contribution in [0.4, 0.5) is 0 Å². The minimum atomic E-state index is 0.379. The Morgan fingerprint density at radius 1 is 1.45 bits per heavy atom. The fraction of sp³-hybridized carbons (Fsp3) is 0.333. The van der Waals surface area contributed by atoms with Crippen molar-refractivity contribution in [2.24, 2.45) is 0 Å². The van der Waals surface area contributed by atoms with Gasteiger partial charge in [-0.25, -0.2) is 0 Å². The van der Waals surface area contributed by atoms with Crippen molar-refractivity contribution in [3.63, 3.8) is 0 Å². The lowest BCUT2D eigenvalue weighted by atomic mass is 10.1. The van der Waals surface area contributed by atoms with E-state index in [9.17, 15) is 5.11 Å². The topological polar surface area (TPSA) is 20.2 Å². The Bertz CT molecular complexity index is 245. The molecule has 0 saturated carbocycles. The van der Waals surface area contributed by atoms with Crippen LogP contribution >= 0.6 is 12.6 Å². The molecule has 0 heterocycles. The highest BCUT2D eigenvalue weighted by atomic mass is 32.1. The summed E-state index contributed by atoms with van der Waals surface area (Å²) in [6.07, 6.45) is 1.96. The van der Waals surface area contributed by atoms with Crippen LogP contribution in [0.3, 0.4) is 0 Å². The van der Waals surface area contributed by atoms with Crippen molar-refractivity contribution in [1.82, 2.24) is 0 Å². The van der Waals surface area contributed by atoms with Gasteiger partial charge in [0.2, 0.25) is 0 Å². The quantitative estimate of drug-likeness (QED) is 0.650. The van der Waals surface area contributed by atoms with Gasteiger partial charge < -0.3 is 5.11 Å². The van der Waals surface area contributed by atoms with Crippen LogP contribution in [0.1, 0.15) is 18.9 Å². The molecule has 0 aromatic heterocycles. The molecule has 0 bridgehead atoms. The molecule has 0 aliphatic carbocycles. The summed E-state index contributed by atoms with van der Waals surface area (Å²) < 4.78 is 0. The van der Waals surface area contributed by atoms with Gasteiger partial charge in [0.1, 0.15) is 5.75 Å². The molecule has 11 heavy (non-hydrogen) atoms. The molecule has 1 nitrogen and oxygen atoms in total. The predicted molar refractivity (Wildman–Crippen MR) is 49.4 cm³/mol. The molecule has 0 unspecified atom stereocenters. The average Bonchev–Trinajstić information content (AvgIpc) is 1.98. The van der Waals surface area contributed by atoms with Gasteiger partial charge in [-0.05, 0) is 30.2 Å². The highest BCUT2D eigenvalue weighted by Crippen LogP contribution is 2.21. The third-order valence-electron chi connectivity index (χ3n) is 1.58. The predicted octanol–water partition coefficient (Wildman–Crippen LogP) is 2.63. The van der Waals surface area contributed by atoms with Gasteiger partial charge in [0.05, 0.1) is 0 Å². The minimum Gasteiger partial charge on any atom is -0.508 e. The van der Waals surface area contributed by atoms with Gasteiger partial charge in [0.15, 0.2) is 0 Å². The maximum absolute atomic E-state index is 9.33. The summed E-state index contributed by atoms with van der Waals surface area (Å²) in [4.78, 5) is 0.909. The van der Waals surface area contributed by atoms with Gasteiger partial charge in [-0.15, -0.1) is 12.6 Å². The molecule has 0 saturated heterocycles. The zero-order chi connectivity index (χ0) is 8.27. The van der Waals surface area contributed by atoms with Crippen LogP contribution in [-0.2, 0) is 6.42 Å². The maximum atomic E-state index is 9.33. The molecule has 0 radical (unpaired) electrons. The highest BCUT2D eigenvalue weighted by molar-refractivity contribution is 7.80. The summed E-state index contributed by atoms with van der Waals surface area (Å²) in [7, 11) is 0. The molecule has 1 aromatic rings. The second-order valence-corrected chi connectivity index (χ2v) is 3.08. The largest absolute Gasteiger partial charge is 0.508 e. The molecule has 2 heteroatoms. The summed E-state index contributed by atoms with van der Waals surface area (Å²) in [6.45, 7) is 2.09. The monoisotopic (exact) mass is 168 g/mol. The van der Waals surface area contributed by atoms with Crippen LogP contribution in [0.5, 0.6) is 5.75 Å². The Hall–Kier alpha value is -0.630. The summed E-state index contributed by atoms with van der Waals surface area (Å²) in [5.74, 6) is 0.379. The van der Waals surface area contributed by atoms with Gasteiger partial charge in [0, 0.05) is 4.90 Å². The van der Waals surface area contributed by atoms with Crippen molar-refractivity contribution >= 4 is 12.6 Å². The van der Waals surface area contributed by atoms with Crippen molar-refractivity contribution in [2.45, 2.75) is 24.7 Å². The van der Waals surface area contributed by atoms with Crippen molar-refractivity contribution in [2.75, 3.05) is 0 Å².